The van der Waals surface area contributed by atoms with E-state index in [1.165, 1.54) is 18.7 Å². The molecule has 21 heavy (non-hydrogen) atoms. The van der Waals surface area contributed by atoms with E-state index in [9.17, 15) is 8.42 Å². The second kappa shape index (κ2) is 7.34. The number of hydrogen-bond donors (Lipinski definition) is 2. The Balaban J connectivity index is 1.89. The predicted molar refractivity (Wildman–Crippen MR) is 75.9 cm³/mol. The lowest BCUT2D eigenvalue weighted by molar-refractivity contribution is 0.411. The van der Waals surface area contributed by atoms with Crippen LogP contribution in [0.1, 0.15) is 19.0 Å². The van der Waals surface area contributed by atoms with Gasteiger partial charge in [-0.05, 0) is 13.0 Å². The van der Waals surface area contributed by atoms with Gasteiger partial charge in [0, 0.05) is 18.8 Å². The van der Waals surface area contributed by atoms with E-state index in [0.29, 0.717) is 12.2 Å². The van der Waals surface area contributed by atoms with Gasteiger partial charge in [0.25, 0.3) is 0 Å². The van der Waals surface area contributed by atoms with Crippen molar-refractivity contribution in [1.29, 1.82) is 0 Å². The molecule has 2 N–H and O–H groups in total. The smallest absolute Gasteiger partial charge is 0.244 e. The quantitative estimate of drug-likeness (QED) is 0.648. The van der Waals surface area contributed by atoms with Crippen LogP contribution in [-0.2, 0) is 23.1 Å². The molecule has 0 unspecified atom stereocenters. The summed E-state index contributed by atoms with van der Waals surface area (Å²) in [5, 5.41) is 10.9. The Hall–Kier alpha value is -1.71. The zero-order valence-corrected chi connectivity index (χ0v) is 12.6. The minimum absolute atomic E-state index is 0.0854. The Labute approximate surface area is 123 Å². The van der Waals surface area contributed by atoms with Gasteiger partial charge in [0.2, 0.25) is 10.0 Å². The van der Waals surface area contributed by atoms with E-state index >= 15 is 0 Å². The first kappa shape index (κ1) is 15.7. The fourth-order valence-electron chi connectivity index (χ4n) is 1.68. The molecule has 0 amide bonds. The summed E-state index contributed by atoms with van der Waals surface area (Å²) in [5.41, 5.74) is 0.523. The molecule has 2 aromatic heterocycles. The number of rotatable bonds is 9. The number of aromatic nitrogens is 3. The molecule has 0 aliphatic rings. The van der Waals surface area contributed by atoms with Crippen LogP contribution >= 0.6 is 0 Å². The van der Waals surface area contributed by atoms with E-state index in [4.69, 9.17) is 0 Å². The fourth-order valence-corrected chi connectivity index (χ4v) is 2.63. The molecule has 2 aromatic rings. The average Bonchev–Trinajstić information content (AvgIpc) is 3.13. The van der Waals surface area contributed by atoms with Crippen molar-refractivity contribution < 1.29 is 12.9 Å². The van der Waals surface area contributed by atoms with E-state index in [-0.39, 0.29) is 11.4 Å². The molecule has 0 aliphatic carbocycles. The summed E-state index contributed by atoms with van der Waals surface area (Å²) >= 11 is 0. The summed E-state index contributed by atoms with van der Waals surface area (Å²) in [7, 11) is -3.59. The maximum atomic E-state index is 12.1. The van der Waals surface area contributed by atoms with E-state index < -0.39 is 10.0 Å². The van der Waals surface area contributed by atoms with Crippen molar-refractivity contribution in [1.82, 2.24) is 25.0 Å². The summed E-state index contributed by atoms with van der Waals surface area (Å²) in [6, 6.07) is 1.60. The third kappa shape index (κ3) is 4.66. The standard InChI is InChI=1S/C12H19N5O3S/c1-2-4-13-5-6-17-10-12(9-14-17)21(18,19)15-8-11-3-7-20-16-11/h3,7,9-10,13,15H,2,4-6,8H2,1H3. The monoisotopic (exact) mass is 313 g/mol. The van der Waals surface area contributed by atoms with Crippen LogP contribution in [0, 0.1) is 0 Å². The summed E-state index contributed by atoms with van der Waals surface area (Å²) in [6.07, 6.45) is 5.30. The number of hydrogen-bond acceptors (Lipinski definition) is 6. The van der Waals surface area contributed by atoms with Gasteiger partial charge in [0.15, 0.2) is 0 Å². The molecule has 0 radical (unpaired) electrons. The minimum Gasteiger partial charge on any atom is -0.364 e. The molecule has 2 rings (SSSR count). The predicted octanol–water partition coefficient (Wildman–Crippen LogP) is 0.349. The van der Waals surface area contributed by atoms with Crippen LogP contribution in [0.25, 0.3) is 0 Å². The van der Waals surface area contributed by atoms with Gasteiger partial charge in [-0.2, -0.15) is 5.10 Å². The third-order valence-electron chi connectivity index (χ3n) is 2.80. The van der Waals surface area contributed by atoms with Crippen LogP contribution in [0.4, 0.5) is 0 Å². The van der Waals surface area contributed by atoms with Crippen LogP contribution in [0.15, 0.2) is 34.1 Å². The number of nitrogens with one attached hydrogen (secondary N) is 2. The van der Waals surface area contributed by atoms with Crippen LogP contribution in [0.3, 0.4) is 0 Å². The first-order valence-corrected chi connectivity index (χ1v) is 8.22. The number of nitrogens with zero attached hydrogens (tertiary/aromatic N) is 3. The highest BCUT2D eigenvalue weighted by Gasteiger charge is 2.16. The van der Waals surface area contributed by atoms with Crippen molar-refractivity contribution in [2.75, 3.05) is 13.1 Å². The van der Waals surface area contributed by atoms with Gasteiger partial charge >= 0.3 is 0 Å². The van der Waals surface area contributed by atoms with Gasteiger partial charge in [0.05, 0.1) is 25.0 Å². The SMILES string of the molecule is CCCNCCn1cc(S(=O)(=O)NCc2ccon2)cn1. The lowest BCUT2D eigenvalue weighted by Gasteiger charge is -2.03. The van der Waals surface area contributed by atoms with Crippen LogP contribution in [-0.4, -0.2) is 36.4 Å². The minimum atomic E-state index is -3.59. The Kier molecular flexibility index (Phi) is 5.48. The van der Waals surface area contributed by atoms with Crippen molar-refractivity contribution in [2.24, 2.45) is 0 Å². The Bertz CT molecular complexity index is 636. The van der Waals surface area contributed by atoms with E-state index in [2.05, 4.69) is 31.7 Å². The van der Waals surface area contributed by atoms with Crippen molar-refractivity contribution in [3.63, 3.8) is 0 Å². The molecule has 0 bridgehead atoms. The van der Waals surface area contributed by atoms with Crippen LogP contribution < -0.4 is 10.0 Å². The van der Waals surface area contributed by atoms with Crippen molar-refractivity contribution in [3.8, 4) is 0 Å². The second-order valence-corrected chi connectivity index (χ2v) is 6.27. The molecule has 0 atom stereocenters. The Morgan fingerprint density at radius 2 is 2.24 bits per heavy atom. The molecule has 0 fully saturated rings. The Morgan fingerprint density at radius 1 is 1.38 bits per heavy atom. The second-order valence-electron chi connectivity index (χ2n) is 4.50. The molecule has 9 heteroatoms. The van der Waals surface area contributed by atoms with Crippen LogP contribution in [0.5, 0.6) is 0 Å². The summed E-state index contributed by atoms with van der Waals surface area (Å²) in [5.74, 6) is 0. The van der Waals surface area contributed by atoms with Crippen molar-refractivity contribution >= 4 is 10.0 Å². The third-order valence-corrected chi connectivity index (χ3v) is 4.15. The maximum Gasteiger partial charge on any atom is 0.244 e. The Morgan fingerprint density at radius 3 is 2.95 bits per heavy atom. The maximum absolute atomic E-state index is 12.1. The van der Waals surface area contributed by atoms with Crippen molar-refractivity contribution in [2.45, 2.75) is 31.3 Å². The molecule has 0 saturated heterocycles. The zero-order chi connectivity index (χ0) is 15.1. The molecule has 0 spiro atoms. The lowest BCUT2D eigenvalue weighted by atomic mass is 10.5. The fraction of sp³-hybridized carbons (Fsp3) is 0.500. The molecular weight excluding hydrogens is 294 g/mol. The van der Waals surface area contributed by atoms with Crippen molar-refractivity contribution in [3.05, 3.63) is 30.4 Å². The summed E-state index contributed by atoms with van der Waals surface area (Å²) < 4.78 is 32.9. The van der Waals surface area contributed by atoms with Gasteiger partial charge < -0.3 is 9.84 Å². The van der Waals surface area contributed by atoms with Gasteiger partial charge in [-0.1, -0.05) is 12.1 Å². The molecule has 2 heterocycles. The first-order chi connectivity index (χ1) is 10.1. The van der Waals surface area contributed by atoms with E-state index in [1.54, 1.807) is 10.7 Å². The largest absolute Gasteiger partial charge is 0.364 e. The molecule has 116 valence electrons. The summed E-state index contributed by atoms with van der Waals surface area (Å²) in [4.78, 5) is 0.140. The number of sulfonamides is 1. The normalized spacial score (nSPS) is 11.9. The van der Waals surface area contributed by atoms with Gasteiger partial charge in [0.1, 0.15) is 11.2 Å². The lowest BCUT2D eigenvalue weighted by Crippen LogP contribution is -2.23. The average molecular weight is 313 g/mol. The first-order valence-electron chi connectivity index (χ1n) is 6.74. The molecule has 8 nitrogen and oxygen atoms in total. The van der Waals surface area contributed by atoms with E-state index in [1.807, 2.05) is 0 Å². The van der Waals surface area contributed by atoms with Gasteiger partial charge in [-0.25, -0.2) is 13.1 Å². The molecule has 0 aliphatic heterocycles. The topological polar surface area (TPSA) is 102 Å². The summed E-state index contributed by atoms with van der Waals surface area (Å²) in [6.45, 7) is 4.49. The highest BCUT2D eigenvalue weighted by atomic mass is 32.2. The molecule has 0 aromatic carbocycles. The van der Waals surface area contributed by atoms with Crippen LogP contribution in [0.2, 0.25) is 0 Å². The molecular formula is C12H19N5O3S. The zero-order valence-electron chi connectivity index (χ0n) is 11.8. The van der Waals surface area contributed by atoms with Gasteiger partial charge in [-0.3, -0.25) is 4.68 Å². The van der Waals surface area contributed by atoms with Gasteiger partial charge in [-0.15, -0.1) is 0 Å². The highest BCUT2D eigenvalue weighted by molar-refractivity contribution is 7.89. The molecule has 0 saturated carbocycles. The highest BCUT2D eigenvalue weighted by Crippen LogP contribution is 2.07. The van der Waals surface area contributed by atoms with E-state index in [0.717, 1.165) is 19.5 Å².